The van der Waals surface area contributed by atoms with Gasteiger partial charge in [-0.25, -0.2) is 4.98 Å². The number of aryl methyl sites for hydroxylation is 1. The summed E-state index contributed by atoms with van der Waals surface area (Å²) in [6, 6.07) is 3.83. The van der Waals surface area contributed by atoms with Crippen LogP contribution in [0.15, 0.2) is 22.9 Å². The minimum absolute atomic E-state index is 0.0164. The number of hydrogen-bond donors (Lipinski definition) is 1. The predicted octanol–water partition coefficient (Wildman–Crippen LogP) is 3.07. The molecule has 1 fully saturated rings. The lowest BCUT2D eigenvalue weighted by atomic mass is 9.96. The number of pyridine rings is 1. The normalized spacial score (nSPS) is 17.3. The molecule has 1 atom stereocenters. The third-order valence-electron chi connectivity index (χ3n) is 4.91. The van der Waals surface area contributed by atoms with Crippen molar-refractivity contribution in [3.8, 4) is 11.4 Å². The van der Waals surface area contributed by atoms with Crippen LogP contribution in [0.3, 0.4) is 0 Å². The Hall–Kier alpha value is -2.44. The molecule has 27 heavy (non-hydrogen) atoms. The Kier molecular flexibility index (Phi) is 6.42. The van der Waals surface area contributed by atoms with Crippen molar-refractivity contribution in [3.63, 3.8) is 0 Å². The van der Waals surface area contributed by atoms with Crippen LogP contribution in [0, 0.1) is 11.8 Å². The summed E-state index contributed by atoms with van der Waals surface area (Å²) < 4.78 is 5.26. The van der Waals surface area contributed by atoms with Gasteiger partial charge >= 0.3 is 0 Å². The van der Waals surface area contributed by atoms with E-state index in [2.05, 4.69) is 39.2 Å². The van der Waals surface area contributed by atoms with Crippen molar-refractivity contribution in [2.75, 3.05) is 24.5 Å². The molecule has 3 rings (SSSR count). The van der Waals surface area contributed by atoms with Gasteiger partial charge < -0.3 is 14.7 Å². The van der Waals surface area contributed by atoms with Gasteiger partial charge in [0.05, 0.1) is 11.5 Å². The number of nitrogens with zero attached hydrogens (tertiary/aromatic N) is 4. The van der Waals surface area contributed by atoms with E-state index < -0.39 is 0 Å². The summed E-state index contributed by atoms with van der Waals surface area (Å²) in [4.78, 5) is 23.7. The number of carbonyl (C=O) groups is 1. The van der Waals surface area contributed by atoms with Crippen molar-refractivity contribution < 1.29 is 9.32 Å². The number of rotatable bonds is 7. The Labute approximate surface area is 160 Å². The molecule has 0 spiro atoms. The predicted molar refractivity (Wildman–Crippen MR) is 104 cm³/mol. The lowest BCUT2D eigenvalue weighted by Gasteiger charge is -2.33. The number of anilines is 1. The zero-order chi connectivity index (χ0) is 19.2. The van der Waals surface area contributed by atoms with E-state index in [-0.39, 0.29) is 11.8 Å². The standard InChI is InChI=1S/C20H29N5O2/c1-4-17-23-18(24-27-17)16-8-5-10-21-19(16)25-12-6-7-15(13-25)20(26)22-11-9-14(2)3/h5,8,10,14-15H,4,6-7,9,11-13H2,1-3H3,(H,22,26)/t15-/m0/s1. The van der Waals surface area contributed by atoms with Crippen LogP contribution < -0.4 is 10.2 Å². The molecule has 2 aromatic rings. The second kappa shape index (κ2) is 8.97. The summed E-state index contributed by atoms with van der Waals surface area (Å²) in [5.74, 6) is 2.70. The van der Waals surface area contributed by atoms with E-state index in [1.807, 2.05) is 19.1 Å². The number of hydrogen-bond acceptors (Lipinski definition) is 6. The van der Waals surface area contributed by atoms with Gasteiger partial charge in [-0.3, -0.25) is 4.79 Å². The highest BCUT2D eigenvalue weighted by Gasteiger charge is 2.28. The highest BCUT2D eigenvalue weighted by atomic mass is 16.5. The average Bonchev–Trinajstić information content (AvgIpc) is 3.17. The largest absolute Gasteiger partial charge is 0.356 e. The Morgan fingerprint density at radius 2 is 2.30 bits per heavy atom. The maximum Gasteiger partial charge on any atom is 0.226 e. The van der Waals surface area contributed by atoms with E-state index in [1.54, 1.807) is 6.20 Å². The van der Waals surface area contributed by atoms with Crippen LogP contribution in [-0.4, -0.2) is 40.7 Å². The molecule has 0 aliphatic carbocycles. The van der Waals surface area contributed by atoms with Gasteiger partial charge in [0, 0.05) is 32.3 Å². The third-order valence-corrected chi connectivity index (χ3v) is 4.91. The van der Waals surface area contributed by atoms with Crippen LogP contribution in [0.25, 0.3) is 11.4 Å². The topological polar surface area (TPSA) is 84.2 Å². The monoisotopic (exact) mass is 371 g/mol. The van der Waals surface area contributed by atoms with E-state index in [0.717, 1.165) is 43.7 Å². The van der Waals surface area contributed by atoms with Crippen LogP contribution in [0.5, 0.6) is 0 Å². The van der Waals surface area contributed by atoms with Gasteiger partial charge in [0.25, 0.3) is 0 Å². The molecule has 0 unspecified atom stereocenters. The van der Waals surface area contributed by atoms with Crippen LogP contribution in [0.4, 0.5) is 5.82 Å². The molecule has 0 bridgehead atoms. The van der Waals surface area contributed by atoms with E-state index in [1.165, 1.54) is 0 Å². The first-order valence-electron chi connectivity index (χ1n) is 9.89. The van der Waals surface area contributed by atoms with Crippen molar-refractivity contribution >= 4 is 11.7 Å². The third kappa shape index (κ3) is 4.84. The molecule has 1 aliphatic rings. The van der Waals surface area contributed by atoms with Crippen molar-refractivity contribution in [1.82, 2.24) is 20.4 Å². The van der Waals surface area contributed by atoms with Crippen LogP contribution in [-0.2, 0) is 11.2 Å². The van der Waals surface area contributed by atoms with Crippen molar-refractivity contribution in [3.05, 3.63) is 24.2 Å². The number of piperidine rings is 1. The van der Waals surface area contributed by atoms with Gasteiger partial charge in [-0.05, 0) is 37.3 Å². The van der Waals surface area contributed by atoms with Gasteiger partial charge in [0.2, 0.25) is 17.6 Å². The summed E-state index contributed by atoms with van der Waals surface area (Å²) in [5, 5.41) is 7.18. The summed E-state index contributed by atoms with van der Waals surface area (Å²) >= 11 is 0. The fraction of sp³-hybridized carbons (Fsp3) is 0.600. The molecule has 146 valence electrons. The molecule has 2 aromatic heterocycles. The first kappa shape index (κ1) is 19.3. The zero-order valence-electron chi connectivity index (χ0n) is 16.4. The zero-order valence-corrected chi connectivity index (χ0v) is 16.4. The maximum absolute atomic E-state index is 12.6. The summed E-state index contributed by atoms with van der Waals surface area (Å²) in [5.41, 5.74) is 0.849. The molecule has 0 radical (unpaired) electrons. The second-order valence-corrected chi connectivity index (χ2v) is 7.50. The Morgan fingerprint density at radius 1 is 1.44 bits per heavy atom. The first-order valence-corrected chi connectivity index (χ1v) is 9.89. The molecule has 1 saturated heterocycles. The van der Waals surface area contributed by atoms with Gasteiger partial charge in [-0.1, -0.05) is 25.9 Å². The Bertz CT molecular complexity index is 758. The average molecular weight is 371 g/mol. The maximum atomic E-state index is 12.6. The van der Waals surface area contributed by atoms with Crippen molar-refractivity contribution in [2.24, 2.45) is 11.8 Å². The number of aromatic nitrogens is 3. The molecular formula is C20H29N5O2. The van der Waals surface area contributed by atoms with Crippen molar-refractivity contribution in [2.45, 2.75) is 46.5 Å². The van der Waals surface area contributed by atoms with Crippen LogP contribution in [0.1, 0.15) is 45.9 Å². The minimum atomic E-state index is -0.0164. The number of nitrogens with one attached hydrogen (secondary N) is 1. The fourth-order valence-corrected chi connectivity index (χ4v) is 3.34. The quantitative estimate of drug-likeness (QED) is 0.805. The molecule has 7 nitrogen and oxygen atoms in total. The SMILES string of the molecule is CCc1nc(-c2cccnc2N2CCC[C@H](C(=O)NCCC(C)C)C2)no1. The second-order valence-electron chi connectivity index (χ2n) is 7.50. The van der Waals surface area contributed by atoms with E-state index in [0.29, 0.717) is 30.6 Å². The van der Waals surface area contributed by atoms with Crippen molar-refractivity contribution in [1.29, 1.82) is 0 Å². The van der Waals surface area contributed by atoms with E-state index in [9.17, 15) is 4.79 Å². The molecule has 1 amide bonds. The number of amides is 1. The lowest BCUT2D eigenvalue weighted by molar-refractivity contribution is -0.125. The molecule has 7 heteroatoms. The molecule has 0 saturated carbocycles. The fourth-order valence-electron chi connectivity index (χ4n) is 3.34. The van der Waals surface area contributed by atoms with Gasteiger partial charge in [-0.2, -0.15) is 4.98 Å². The highest BCUT2D eigenvalue weighted by molar-refractivity contribution is 5.80. The highest BCUT2D eigenvalue weighted by Crippen LogP contribution is 2.30. The number of carbonyl (C=O) groups excluding carboxylic acids is 1. The van der Waals surface area contributed by atoms with E-state index >= 15 is 0 Å². The first-order chi connectivity index (χ1) is 13.1. The summed E-state index contributed by atoms with van der Waals surface area (Å²) in [6.45, 7) is 8.59. The molecule has 0 aromatic carbocycles. The Balaban J connectivity index is 1.72. The summed E-state index contributed by atoms with van der Waals surface area (Å²) in [7, 11) is 0. The molecule has 1 N–H and O–H groups in total. The van der Waals surface area contributed by atoms with Gasteiger partial charge in [0.1, 0.15) is 5.82 Å². The minimum Gasteiger partial charge on any atom is -0.356 e. The van der Waals surface area contributed by atoms with Crippen LogP contribution >= 0.6 is 0 Å². The Morgan fingerprint density at radius 3 is 3.04 bits per heavy atom. The molecule has 3 heterocycles. The lowest BCUT2D eigenvalue weighted by Crippen LogP contribution is -2.43. The van der Waals surface area contributed by atoms with Crippen LogP contribution in [0.2, 0.25) is 0 Å². The van der Waals surface area contributed by atoms with Gasteiger partial charge in [0.15, 0.2) is 0 Å². The molecule has 1 aliphatic heterocycles. The molecular weight excluding hydrogens is 342 g/mol. The smallest absolute Gasteiger partial charge is 0.226 e. The summed E-state index contributed by atoms with van der Waals surface area (Å²) in [6.07, 6.45) is 5.35. The van der Waals surface area contributed by atoms with E-state index in [4.69, 9.17) is 4.52 Å². The van der Waals surface area contributed by atoms with Gasteiger partial charge in [-0.15, -0.1) is 0 Å².